The molecule has 0 saturated carbocycles. The molecule has 0 spiro atoms. The maximum absolute atomic E-state index is 12.9. The number of hydrogen-bond donors (Lipinski definition) is 2. The van der Waals surface area contributed by atoms with Crippen LogP contribution in [0.1, 0.15) is 34.0 Å². The summed E-state index contributed by atoms with van der Waals surface area (Å²) >= 11 is 0. The fourth-order valence-corrected chi connectivity index (χ4v) is 4.16. The van der Waals surface area contributed by atoms with Crippen molar-refractivity contribution >= 4 is 21.6 Å². The van der Waals surface area contributed by atoms with E-state index < -0.39 is 10.0 Å². The molecule has 2 N–H and O–H groups in total. The number of rotatable bonds is 7. The van der Waals surface area contributed by atoms with Gasteiger partial charge >= 0.3 is 0 Å². The van der Waals surface area contributed by atoms with Gasteiger partial charge in [-0.3, -0.25) is 9.52 Å². The molecule has 7 heteroatoms. The molecule has 0 saturated heterocycles. The minimum Gasteiger partial charge on any atom is -0.383 e. The Labute approximate surface area is 161 Å². The molecule has 146 valence electrons. The van der Waals surface area contributed by atoms with E-state index in [0.29, 0.717) is 17.9 Å². The van der Waals surface area contributed by atoms with Gasteiger partial charge in [-0.05, 0) is 57.0 Å². The SMILES string of the molecule is COCC(C)NC(=O)c1ccc(C)c(S(=O)(=O)Nc2ccc(C)cc2C)c1. The van der Waals surface area contributed by atoms with Gasteiger partial charge in [-0.2, -0.15) is 0 Å². The molecule has 2 aromatic carbocycles. The first-order valence-corrected chi connectivity index (χ1v) is 10.1. The molecule has 0 aliphatic rings. The standard InChI is InChI=1S/C20H26N2O4S/c1-13-6-9-18(15(3)10-13)22-27(24,25)19-11-17(8-7-14(19)2)20(23)21-16(4)12-26-5/h6-11,16,22H,12H2,1-5H3,(H,21,23). The molecule has 0 aromatic heterocycles. The lowest BCUT2D eigenvalue weighted by atomic mass is 10.1. The average molecular weight is 391 g/mol. The van der Waals surface area contributed by atoms with Crippen molar-refractivity contribution in [2.45, 2.75) is 38.6 Å². The number of sulfonamides is 1. The number of ether oxygens (including phenoxy) is 1. The number of anilines is 1. The van der Waals surface area contributed by atoms with Gasteiger partial charge in [0.25, 0.3) is 15.9 Å². The molecule has 1 unspecified atom stereocenters. The van der Waals surface area contributed by atoms with E-state index in [-0.39, 0.29) is 22.4 Å². The van der Waals surface area contributed by atoms with E-state index in [1.165, 1.54) is 6.07 Å². The van der Waals surface area contributed by atoms with Crippen molar-refractivity contribution in [1.29, 1.82) is 0 Å². The van der Waals surface area contributed by atoms with E-state index in [1.807, 2.05) is 32.9 Å². The predicted octanol–water partition coefficient (Wildman–Crippen LogP) is 3.18. The van der Waals surface area contributed by atoms with Crippen LogP contribution in [-0.4, -0.2) is 34.1 Å². The minimum atomic E-state index is -3.83. The van der Waals surface area contributed by atoms with Crippen molar-refractivity contribution in [1.82, 2.24) is 5.32 Å². The Hall–Kier alpha value is -2.38. The summed E-state index contributed by atoms with van der Waals surface area (Å²) in [7, 11) is -2.28. The molecule has 2 aromatic rings. The minimum absolute atomic E-state index is 0.0783. The molecule has 1 atom stereocenters. The van der Waals surface area contributed by atoms with Gasteiger partial charge in [-0.15, -0.1) is 0 Å². The first-order chi connectivity index (χ1) is 12.6. The predicted molar refractivity (Wildman–Crippen MR) is 107 cm³/mol. The van der Waals surface area contributed by atoms with Crippen LogP contribution in [0.25, 0.3) is 0 Å². The lowest BCUT2D eigenvalue weighted by Gasteiger charge is -2.15. The highest BCUT2D eigenvalue weighted by atomic mass is 32.2. The van der Waals surface area contributed by atoms with Gasteiger partial charge < -0.3 is 10.1 Å². The number of benzene rings is 2. The van der Waals surface area contributed by atoms with Crippen molar-refractivity contribution in [3.63, 3.8) is 0 Å². The van der Waals surface area contributed by atoms with Gasteiger partial charge in [0.15, 0.2) is 0 Å². The molecule has 2 rings (SSSR count). The van der Waals surface area contributed by atoms with Crippen LogP contribution in [0.15, 0.2) is 41.3 Å². The highest BCUT2D eigenvalue weighted by Crippen LogP contribution is 2.23. The topological polar surface area (TPSA) is 84.5 Å². The molecule has 1 amide bonds. The molecule has 0 heterocycles. The second-order valence-electron chi connectivity index (χ2n) is 6.73. The van der Waals surface area contributed by atoms with Gasteiger partial charge in [0.2, 0.25) is 0 Å². The van der Waals surface area contributed by atoms with Gasteiger partial charge in [0.05, 0.1) is 17.2 Å². The normalized spacial score (nSPS) is 12.5. The van der Waals surface area contributed by atoms with Crippen LogP contribution in [0.3, 0.4) is 0 Å². The second-order valence-corrected chi connectivity index (χ2v) is 8.38. The molecule has 6 nitrogen and oxygen atoms in total. The molecule has 0 aliphatic carbocycles. The monoisotopic (exact) mass is 390 g/mol. The molecule has 0 aliphatic heterocycles. The quantitative estimate of drug-likeness (QED) is 0.760. The Morgan fingerprint density at radius 3 is 2.41 bits per heavy atom. The van der Waals surface area contributed by atoms with Crippen LogP contribution in [0.2, 0.25) is 0 Å². The van der Waals surface area contributed by atoms with E-state index in [9.17, 15) is 13.2 Å². The van der Waals surface area contributed by atoms with Crippen molar-refractivity contribution < 1.29 is 17.9 Å². The molecule has 27 heavy (non-hydrogen) atoms. The number of nitrogens with one attached hydrogen (secondary N) is 2. The number of amides is 1. The summed E-state index contributed by atoms with van der Waals surface area (Å²) < 4.78 is 33.4. The summed E-state index contributed by atoms with van der Waals surface area (Å²) in [6, 6.07) is 9.95. The maximum Gasteiger partial charge on any atom is 0.262 e. The van der Waals surface area contributed by atoms with Crippen LogP contribution in [0.5, 0.6) is 0 Å². The third kappa shape index (κ3) is 5.30. The number of methoxy groups -OCH3 is 1. The summed E-state index contributed by atoms with van der Waals surface area (Å²) in [5, 5.41) is 2.78. The zero-order valence-electron chi connectivity index (χ0n) is 16.3. The van der Waals surface area contributed by atoms with Crippen LogP contribution in [-0.2, 0) is 14.8 Å². The van der Waals surface area contributed by atoms with Crippen LogP contribution < -0.4 is 10.0 Å². The first kappa shape index (κ1) is 20.9. The van der Waals surface area contributed by atoms with E-state index in [4.69, 9.17) is 4.74 Å². The average Bonchev–Trinajstić information content (AvgIpc) is 2.57. The molecular weight excluding hydrogens is 364 g/mol. The Balaban J connectivity index is 2.32. The summed E-state index contributed by atoms with van der Waals surface area (Å²) in [5.74, 6) is -0.345. The van der Waals surface area contributed by atoms with Crippen molar-refractivity contribution in [3.05, 3.63) is 58.7 Å². The van der Waals surface area contributed by atoms with Gasteiger partial charge in [0, 0.05) is 18.7 Å². The van der Waals surface area contributed by atoms with Crippen LogP contribution in [0, 0.1) is 20.8 Å². The highest BCUT2D eigenvalue weighted by molar-refractivity contribution is 7.92. The Bertz CT molecular complexity index is 939. The molecule has 0 fully saturated rings. The van der Waals surface area contributed by atoms with Gasteiger partial charge in [-0.1, -0.05) is 23.8 Å². The van der Waals surface area contributed by atoms with E-state index in [0.717, 1.165) is 11.1 Å². The van der Waals surface area contributed by atoms with Gasteiger partial charge in [-0.25, -0.2) is 8.42 Å². The molecular formula is C20H26N2O4S. The largest absolute Gasteiger partial charge is 0.383 e. The summed E-state index contributed by atoms with van der Waals surface area (Å²) in [5.41, 5.74) is 3.25. The number of aryl methyl sites for hydroxylation is 3. The number of carbonyl (C=O) groups is 1. The zero-order valence-corrected chi connectivity index (χ0v) is 17.1. The van der Waals surface area contributed by atoms with E-state index in [2.05, 4.69) is 10.0 Å². The highest BCUT2D eigenvalue weighted by Gasteiger charge is 2.20. The van der Waals surface area contributed by atoms with Crippen LogP contribution in [0.4, 0.5) is 5.69 Å². The fraction of sp³-hybridized carbons (Fsp3) is 0.350. The van der Waals surface area contributed by atoms with E-state index >= 15 is 0 Å². The lowest BCUT2D eigenvalue weighted by Crippen LogP contribution is -2.35. The Morgan fingerprint density at radius 2 is 1.78 bits per heavy atom. The fourth-order valence-electron chi connectivity index (χ4n) is 2.76. The van der Waals surface area contributed by atoms with E-state index in [1.54, 1.807) is 32.2 Å². The first-order valence-electron chi connectivity index (χ1n) is 8.64. The smallest absolute Gasteiger partial charge is 0.262 e. The van der Waals surface area contributed by atoms with Crippen molar-refractivity contribution in [2.75, 3.05) is 18.4 Å². The lowest BCUT2D eigenvalue weighted by molar-refractivity contribution is 0.0905. The number of carbonyl (C=O) groups excluding carboxylic acids is 1. The Kier molecular flexibility index (Phi) is 6.62. The van der Waals surface area contributed by atoms with Crippen LogP contribution >= 0.6 is 0 Å². The zero-order chi connectivity index (χ0) is 20.2. The molecule has 0 bridgehead atoms. The number of hydrogen-bond acceptors (Lipinski definition) is 4. The molecule has 0 radical (unpaired) electrons. The third-order valence-electron chi connectivity index (χ3n) is 4.16. The van der Waals surface area contributed by atoms with Crippen molar-refractivity contribution in [2.24, 2.45) is 0 Å². The van der Waals surface area contributed by atoms with Crippen molar-refractivity contribution in [3.8, 4) is 0 Å². The summed E-state index contributed by atoms with van der Waals surface area (Å²) in [6.07, 6.45) is 0. The van der Waals surface area contributed by atoms with Gasteiger partial charge in [0.1, 0.15) is 0 Å². The Morgan fingerprint density at radius 1 is 1.07 bits per heavy atom. The summed E-state index contributed by atoms with van der Waals surface area (Å²) in [6.45, 7) is 7.68. The summed E-state index contributed by atoms with van der Waals surface area (Å²) in [4.78, 5) is 12.5. The second kappa shape index (κ2) is 8.54. The third-order valence-corrected chi connectivity index (χ3v) is 5.67. The maximum atomic E-state index is 12.9.